The maximum absolute atomic E-state index is 11.5. The summed E-state index contributed by atoms with van der Waals surface area (Å²) in [6.45, 7) is 1.41. The first-order chi connectivity index (χ1) is 6.43. The Hall–Kier alpha value is -1.15. The van der Waals surface area contributed by atoms with Gasteiger partial charge in [0.2, 0.25) is 16.0 Å². The van der Waals surface area contributed by atoms with Crippen molar-refractivity contribution >= 4 is 33.2 Å². The van der Waals surface area contributed by atoms with E-state index in [-0.39, 0.29) is 10.9 Å². The average molecular weight is 234 g/mol. The van der Waals surface area contributed by atoms with Crippen molar-refractivity contribution in [3.63, 3.8) is 0 Å². The predicted octanol–water partition coefficient (Wildman–Crippen LogP) is -0.174. The summed E-state index contributed by atoms with van der Waals surface area (Å²) in [6.07, 6.45) is 2.94. The summed E-state index contributed by atoms with van der Waals surface area (Å²) >= 11 is 4.59. The molecule has 1 aromatic rings. The van der Waals surface area contributed by atoms with Gasteiger partial charge >= 0.3 is 0 Å². The number of aromatic amines is 1. The molecular formula is C6H10N4O2S2. The van der Waals surface area contributed by atoms with Gasteiger partial charge in [0.25, 0.3) is 0 Å². The molecule has 0 aliphatic carbocycles. The van der Waals surface area contributed by atoms with Gasteiger partial charge in [0.1, 0.15) is 5.25 Å². The Bertz CT molecular complexity index is 411. The summed E-state index contributed by atoms with van der Waals surface area (Å²) in [5.74, 6) is 0.146. The van der Waals surface area contributed by atoms with E-state index in [1.807, 2.05) is 0 Å². The molecule has 1 heterocycles. The molecule has 78 valence electrons. The van der Waals surface area contributed by atoms with Crippen molar-refractivity contribution < 1.29 is 8.42 Å². The Morgan fingerprint density at radius 3 is 2.86 bits per heavy atom. The van der Waals surface area contributed by atoms with Crippen molar-refractivity contribution in [2.45, 2.75) is 12.2 Å². The van der Waals surface area contributed by atoms with Gasteiger partial charge < -0.3 is 10.7 Å². The number of nitrogens with one attached hydrogen (secondary N) is 2. The Kier molecular flexibility index (Phi) is 3.06. The topological polar surface area (TPSA) is 101 Å². The monoisotopic (exact) mass is 234 g/mol. The standard InChI is InChI=1S/C6H10N4O2S2/c1-4(5(7)13)14(11,12)10-6-8-2-3-9-6/h2-4H,1H3,(H2,7,13)(H2,8,9,10). The Labute approximate surface area is 87.0 Å². The molecule has 0 radical (unpaired) electrons. The second-order valence-electron chi connectivity index (χ2n) is 2.63. The molecule has 1 unspecified atom stereocenters. The lowest BCUT2D eigenvalue weighted by Gasteiger charge is -2.11. The third-order valence-electron chi connectivity index (χ3n) is 1.60. The van der Waals surface area contributed by atoms with E-state index in [0.29, 0.717) is 0 Å². The first kappa shape index (κ1) is 10.9. The Morgan fingerprint density at radius 1 is 1.79 bits per heavy atom. The second-order valence-corrected chi connectivity index (χ2v) is 5.10. The molecule has 1 rings (SSSR count). The number of imidazole rings is 1. The highest BCUT2D eigenvalue weighted by molar-refractivity contribution is 7.95. The zero-order valence-electron chi connectivity index (χ0n) is 7.39. The highest BCUT2D eigenvalue weighted by Gasteiger charge is 2.23. The number of H-pyrrole nitrogens is 1. The number of rotatable bonds is 4. The molecule has 0 saturated heterocycles. The third-order valence-corrected chi connectivity index (χ3v) is 3.77. The van der Waals surface area contributed by atoms with Crippen molar-refractivity contribution in [2.24, 2.45) is 5.73 Å². The smallest absolute Gasteiger partial charge is 0.244 e. The van der Waals surface area contributed by atoms with E-state index in [1.54, 1.807) is 0 Å². The quantitative estimate of drug-likeness (QED) is 0.628. The van der Waals surface area contributed by atoms with Crippen molar-refractivity contribution in [1.82, 2.24) is 9.97 Å². The zero-order valence-corrected chi connectivity index (χ0v) is 9.02. The number of thiocarbonyl (C=S) groups is 1. The number of nitrogens with zero attached hydrogens (tertiary/aromatic N) is 1. The first-order valence-electron chi connectivity index (χ1n) is 3.74. The van der Waals surface area contributed by atoms with Crippen LogP contribution in [0, 0.1) is 0 Å². The number of aromatic nitrogens is 2. The van der Waals surface area contributed by atoms with Gasteiger partial charge in [0.05, 0.1) is 4.99 Å². The summed E-state index contributed by atoms with van der Waals surface area (Å²) < 4.78 is 25.2. The number of nitrogens with two attached hydrogens (primary N) is 1. The molecule has 1 atom stereocenters. The lowest BCUT2D eigenvalue weighted by Crippen LogP contribution is -2.35. The lowest BCUT2D eigenvalue weighted by atomic mass is 10.5. The lowest BCUT2D eigenvalue weighted by molar-refractivity contribution is 0.598. The van der Waals surface area contributed by atoms with E-state index >= 15 is 0 Å². The van der Waals surface area contributed by atoms with Gasteiger partial charge in [-0.25, -0.2) is 13.4 Å². The number of anilines is 1. The zero-order chi connectivity index (χ0) is 10.8. The fourth-order valence-electron chi connectivity index (χ4n) is 0.697. The van der Waals surface area contributed by atoms with Crippen LogP contribution in [0.3, 0.4) is 0 Å². The minimum atomic E-state index is -3.59. The maximum Gasteiger partial charge on any atom is 0.244 e. The van der Waals surface area contributed by atoms with Crippen molar-refractivity contribution in [3.05, 3.63) is 12.4 Å². The molecule has 1 aromatic heterocycles. The molecule has 4 N–H and O–H groups in total. The summed E-state index contributed by atoms with van der Waals surface area (Å²) in [6, 6.07) is 0. The Morgan fingerprint density at radius 2 is 2.43 bits per heavy atom. The van der Waals surface area contributed by atoms with Crippen LogP contribution < -0.4 is 10.5 Å². The number of hydrogen-bond donors (Lipinski definition) is 3. The number of sulfonamides is 1. The van der Waals surface area contributed by atoms with E-state index in [2.05, 4.69) is 26.9 Å². The van der Waals surface area contributed by atoms with Crippen LogP contribution in [-0.2, 0) is 10.0 Å². The minimum Gasteiger partial charge on any atom is -0.392 e. The molecule has 14 heavy (non-hydrogen) atoms. The first-order valence-corrected chi connectivity index (χ1v) is 5.69. The molecule has 0 fully saturated rings. The van der Waals surface area contributed by atoms with Crippen LogP contribution in [0.4, 0.5) is 5.95 Å². The third kappa shape index (κ3) is 2.42. The SMILES string of the molecule is CC(C(N)=S)S(=O)(=O)Nc1ncc[nH]1. The fraction of sp³-hybridized carbons (Fsp3) is 0.333. The average Bonchev–Trinajstić information content (AvgIpc) is 2.54. The largest absolute Gasteiger partial charge is 0.392 e. The molecule has 0 spiro atoms. The molecule has 0 aromatic carbocycles. The van der Waals surface area contributed by atoms with Crippen LogP contribution in [0.2, 0.25) is 0 Å². The van der Waals surface area contributed by atoms with Crippen molar-refractivity contribution in [1.29, 1.82) is 0 Å². The predicted molar refractivity (Wildman–Crippen MR) is 57.4 cm³/mol. The second kappa shape index (κ2) is 3.93. The van der Waals surface area contributed by atoms with E-state index in [1.165, 1.54) is 19.3 Å². The molecule has 0 aliphatic rings. The van der Waals surface area contributed by atoms with Gasteiger partial charge in [-0.15, -0.1) is 0 Å². The highest BCUT2D eigenvalue weighted by atomic mass is 32.2. The van der Waals surface area contributed by atoms with Crippen LogP contribution >= 0.6 is 12.2 Å². The van der Waals surface area contributed by atoms with Gasteiger partial charge in [-0.1, -0.05) is 12.2 Å². The highest BCUT2D eigenvalue weighted by Crippen LogP contribution is 2.06. The van der Waals surface area contributed by atoms with Crippen molar-refractivity contribution in [2.75, 3.05) is 4.72 Å². The molecule has 0 aliphatic heterocycles. The van der Waals surface area contributed by atoms with Gasteiger partial charge in [-0.05, 0) is 6.92 Å². The van der Waals surface area contributed by atoms with Crippen LogP contribution in [-0.4, -0.2) is 28.6 Å². The van der Waals surface area contributed by atoms with Crippen LogP contribution in [0.5, 0.6) is 0 Å². The van der Waals surface area contributed by atoms with Gasteiger partial charge in [0.15, 0.2) is 0 Å². The number of hydrogen-bond acceptors (Lipinski definition) is 4. The van der Waals surface area contributed by atoms with E-state index in [4.69, 9.17) is 5.73 Å². The van der Waals surface area contributed by atoms with Crippen molar-refractivity contribution in [3.8, 4) is 0 Å². The minimum absolute atomic E-state index is 0.0796. The van der Waals surface area contributed by atoms with E-state index in [9.17, 15) is 8.42 Å². The summed E-state index contributed by atoms with van der Waals surface area (Å²) in [5, 5.41) is -0.928. The maximum atomic E-state index is 11.5. The van der Waals surface area contributed by atoms with Gasteiger partial charge in [0, 0.05) is 12.4 Å². The van der Waals surface area contributed by atoms with Crippen LogP contribution in [0.25, 0.3) is 0 Å². The summed E-state index contributed by atoms with van der Waals surface area (Å²) in [7, 11) is -3.59. The van der Waals surface area contributed by atoms with E-state index in [0.717, 1.165) is 0 Å². The van der Waals surface area contributed by atoms with E-state index < -0.39 is 15.3 Å². The van der Waals surface area contributed by atoms with Crippen LogP contribution in [0.1, 0.15) is 6.92 Å². The molecule has 0 bridgehead atoms. The Balaban J connectivity index is 2.83. The molecule has 0 saturated carbocycles. The van der Waals surface area contributed by atoms with Gasteiger partial charge in [-0.2, -0.15) is 0 Å². The molecule has 6 nitrogen and oxygen atoms in total. The summed E-state index contributed by atoms with van der Waals surface area (Å²) in [4.78, 5) is 6.24. The molecular weight excluding hydrogens is 224 g/mol. The van der Waals surface area contributed by atoms with Gasteiger partial charge in [-0.3, -0.25) is 4.72 Å². The fourth-order valence-corrected chi connectivity index (χ4v) is 1.94. The molecule has 8 heteroatoms. The normalized spacial score (nSPS) is 13.5. The van der Waals surface area contributed by atoms with Crippen LogP contribution in [0.15, 0.2) is 12.4 Å². The molecule has 0 amide bonds. The summed E-state index contributed by atoms with van der Waals surface area (Å²) in [5.41, 5.74) is 5.23.